The highest BCUT2D eigenvalue weighted by atomic mass is 16.4. The quantitative estimate of drug-likeness (QED) is 0.828. The number of oxazole rings is 1. The van der Waals surface area contributed by atoms with Crippen LogP contribution >= 0.6 is 0 Å². The normalized spacial score (nSPS) is 10.6. The summed E-state index contributed by atoms with van der Waals surface area (Å²) in [6.45, 7) is 3.71. The SMILES string of the molecule is CCNCc1ncc(CCc2ccccc2)o1. The fourth-order valence-electron chi connectivity index (χ4n) is 1.69. The first-order valence-corrected chi connectivity index (χ1v) is 6.06. The minimum atomic E-state index is 0.710. The van der Waals surface area contributed by atoms with Crippen molar-refractivity contribution in [1.29, 1.82) is 0 Å². The van der Waals surface area contributed by atoms with Crippen molar-refractivity contribution in [1.82, 2.24) is 10.3 Å². The zero-order chi connectivity index (χ0) is 11.9. The van der Waals surface area contributed by atoms with Gasteiger partial charge in [0.2, 0.25) is 5.89 Å². The molecule has 0 saturated heterocycles. The van der Waals surface area contributed by atoms with Gasteiger partial charge in [-0.2, -0.15) is 0 Å². The second-order valence-electron chi connectivity index (χ2n) is 3.99. The average molecular weight is 230 g/mol. The summed E-state index contributed by atoms with van der Waals surface area (Å²) in [5.74, 6) is 1.73. The first-order valence-electron chi connectivity index (χ1n) is 6.06. The molecule has 3 heteroatoms. The number of hydrogen-bond acceptors (Lipinski definition) is 3. The molecule has 0 fully saturated rings. The Morgan fingerprint density at radius 2 is 2.00 bits per heavy atom. The summed E-state index contributed by atoms with van der Waals surface area (Å²) < 4.78 is 5.63. The topological polar surface area (TPSA) is 38.1 Å². The molecule has 1 aromatic heterocycles. The lowest BCUT2D eigenvalue weighted by Gasteiger charge is -1.98. The molecule has 0 aliphatic rings. The predicted octanol–water partition coefficient (Wildman–Crippen LogP) is 2.57. The summed E-state index contributed by atoms with van der Waals surface area (Å²) >= 11 is 0. The molecule has 0 saturated carbocycles. The fourth-order valence-corrected chi connectivity index (χ4v) is 1.69. The number of rotatable bonds is 6. The second-order valence-corrected chi connectivity index (χ2v) is 3.99. The Hall–Kier alpha value is -1.61. The lowest BCUT2D eigenvalue weighted by molar-refractivity contribution is 0.438. The van der Waals surface area contributed by atoms with E-state index in [4.69, 9.17) is 4.42 Å². The summed E-state index contributed by atoms with van der Waals surface area (Å²) in [5.41, 5.74) is 1.33. The molecule has 2 aromatic rings. The molecule has 1 aromatic carbocycles. The van der Waals surface area contributed by atoms with Crippen LogP contribution < -0.4 is 5.32 Å². The zero-order valence-electron chi connectivity index (χ0n) is 10.1. The van der Waals surface area contributed by atoms with Gasteiger partial charge in [0, 0.05) is 6.42 Å². The Balaban J connectivity index is 1.85. The van der Waals surface area contributed by atoms with Gasteiger partial charge in [-0.1, -0.05) is 37.3 Å². The molecule has 90 valence electrons. The molecule has 0 amide bonds. The maximum absolute atomic E-state index is 5.63. The maximum Gasteiger partial charge on any atom is 0.208 e. The lowest BCUT2D eigenvalue weighted by atomic mass is 10.1. The average Bonchev–Trinajstić information content (AvgIpc) is 2.83. The summed E-state index contributed by atoms with van der Waals surface area (Å²) in [6, 6.07) is 10.4. The molecule has 0 atom stereocenters. The number of aromatic nitrogens is 1. The highest BCUT2D eigenvalue weighted by Crippen LogP contribution is 2.08. The molecule has 3 nitrogen and oxygen atoms in total. The molecule has 0 aliphatic carbocycles. The molecule has 0 aliphatic heterocycles. The van der Waals surface area contributed by atoms with Gasteiger partial charge in [-0.05, 0) is 18.5 Å². The van der Waals surface area contributed by atoms with Crippen molar-refractivity contribution < 1.29 is 4.42 Å². The first kappa shape index (κ1) is 11.9. The van der Waals surface area contributed by atoms with Crippen molar-refractivity contribution in [2.24, 2.45) is 0 Å². The van der Waals surface area contributed by atoms with Crippen LogP contribution in [-0.2, 0) is 19.4 Å². The van der Waals surface area contributed by atoms with E-state index in [9.17, 15) is 0 Å². The Labute approximate surface area is 102 Å². The number of benzene rings is 1. The minimum Gasteiger partial charge on any atom is -0.444 e. The monoisotopic (exact) mass is 230 g/mol. The summed E-state index contributed by atoms with van der Waals surface area (Å²) in [7, 11) is 0. The van der Waals surface area contributed by atoms with Crippen LogP contribution in [0.4, 0.5) is 0 Å². The van der Waals surface area contributed by atoms with E-state index in [1.54, 1.807) is 0 Å². The van der Waals surface area contributed by atoms with Crippen LogP contribution in [0.3, 0.4) is 0 Å². The molecule has 1 N–H and O–H groups in total. The number of hydrogen-bond donors (Lipinski definition) is 1. The molecular formula is C14H18N2O. The number of aryl methyl sites for hydroxylation is 2. The second kappa shape index (κ2) is 6.21. The largest absolute Gasteiger partial charge is 0.444 e. The van der Waals surface area contributed by atoms with E-state index in [0.29, 0.717) is 6.54 Å². The van der Waals surface area contributed by atoms with Gasteiger partial charge in [0.15, 0.2) is 0 Å². The van der Waals surface area contributed by atoms with E-state index < -0.39 is 0 Å². The van der Waals surface area contributed by atoms with Crippen molar-refractivity contribution in [2.45, 2.75) is 26.3 Å². The van der Waals surface area contributed by atoms with E-state index in [1.165, 1.54) is 5.56 Å². The van der Waals surface area contributed by atoms with E-state index in [-0.39, 0.29) is 0 Å². The summed E-state index contributed by atoms with van der Waals surface area (Å²) in [4.78, 5) is 4.24. The Kier molecular flexibility index (Phi) is 4.33. The Morgan fingerprint density at radius 1 is 1.18 bits per heavy atom. The number of nitrogens with zero attached hydrogens (tertiary/aromatic N) is 1. The van der Waals surface area contributed by atoms with Crippen LogP contribution in [-0.4, -0.2) is 11.5 Å². The van der Waals surface area contributed by atoms with Gasteiger partial charge < -0.3 is 9.73 Å². The molecular weight excluding hydrogens is 212 g/mol. The van der Waals surface area contributed by atoms with Crippen LogP contribution in [0.5, 0.6) is 0 Å². The smallest absolute Gasteiger partial charge is 0.208 e. The first-order chi connectivity index (χ1) is 8.38. The highest BCUT2D eigenvalue weighted by Gasteiger charge is 2.03. The van der Waals surface area contributed by atoms with Crippen molar-refractivity contribution in [3.63, 3.8) is 0 Å². The maximum atomic E-state index is 5.63. The van der Waals surface area contributed by atoms with Crippen LogP contribution in [0.2, 0.25) is 0 Å². The minimum absolute atomic E-state index is 0.710. The molecule has 1 heterocycles. The van der Waals surface area contributed by atoms with Gasteiger partial charge in [-0.15, -0.1) is 0 Å². The lowest BCUT2D eigenvalue weighted by Crippen LogP contribution is -2.11. The van der Waals surface area contributed by atoms with Gasteiger partial charge >= 0.3 is 0 Å². The van der Waals surface area contributed by atoms with E-state index in [2.05, 4.69) is 41.5 Å². The van der Waals surface area contributed by atoms with Crippen molar-refractivity contribution in [2.75, 3.05) is 6.54 Å². The third-order valence-electron chi connectivity index (χ3n) is 2.63. The van der Waals surface area contributed by atoms with E-state index >= 15 is 0 Å². The van der Waals surface area contributed by atoms with Crippen molar-refractivity contribution >= 4 is 0 Å². The third-order valence-corrected chi connectivity index (χ3v) is 2.63. The highest BCUT2D eigenvalue weighted by molar-refractivity contribution is 5.15. The molecule has 0 bridgehead atoms. The summed E-state index contributed by atoms with van der Waals surface area (Å²) in [6.07, 6.45) is 3.73. The Bertz CT molecular complexity index is 436. The standard InChI is InChI=1S/C14H18N2O/c1-2-15-11-14-16-10-13(17-14)9-8-12-6-4-3-5-7-12/h3-7,10,15H,2,8-9,11H2,1H3. The Morgan fingerprint density at radius 3 is 2.76 bits per heavy atom. The molecule has 0 spiro atoms. The van der Waals surface area contributed by atoms with Gasteiger partial charge in [-0.3, -0.25) is 0 Å². The molecule has 0 unspecified atom stereocenters. The van der Waals surface area contributed by atoms with Crippen molar-refractivity contribution in [3.05, 3.63) is 53.7 Å². The molecule has 0 radical (unpaired) electrons. The van der Waals surface area contributed by atoms with Gasteiger partial charge in [0.25, 0.3) is 0 Å². The van der Waals surface area contributed by atoms with E-state index in [1.807, 2.05) is 12.3 Å². The number of nitrogens with one attached hydrogen (secondary N) is 1. The van der Waals surface area contributed by atoms with E-state index in [0.717, 1.165) is 31.0 Å². The van der Waals surface area contributed by atoms with Gasteiger partial charge in [0.1, 0.15) is 5.76 Å². The van der Waals surface area contributed by atoms with Crippen molar-refractivity contribution in [3.8, 4) is 0 Å². The van der Waals surface area contributed by atoms with Crippen LogP contribution in [0, 0.1) is 0 Å². The summed E-state index contributed by atoms with van der Waals surface area (Å²) in [5, 5.41) is 3.20. The van der Waals surface area contributed by atoms with Crippen LogP contribution in [0.25, 0.3) is 0 Å². The fraction of sp³-hybridized carbons (Fsp3) is 0.357. The van der Waals surface area contributed by atoms with Gasteiger partial charge in [0.05, 0.1) is 12.7 Å². The molecule has 2 rings (SSSR count). The third kappa shape index (κ3) is 3.71. The van der Waals surface area contributed by atoms with Crippen LogP contribution in [0.15, 0.2) is 40.9 Å². The zero-order valence-corrected chi connectivity index (χ0v) is 10.1. The van der Waals surface area contributed by atoms with Crippen LogP contribution in [0.1, 0.15) is 24.1 Å². The van der Waals surface area contributed by atoms with Gasteiger partial charge in [-0.25, -0.2) is 4.98 Å². The molecule has 17 heavy (non-hydrogen) atoms. The predicted molar refractivity (Wildman–Crippen MR) is 67.7 cm³/mol.